The van der Waals surface area contributed by atoms with E-state index in [1.807, 2.05) is 38.4 Å². The standard InChI is InChI=1S/C23H20ClN5S3/c1-12-16-10-13(24)4-9-18(16)31-19(12)17-11-30-22(27-17)20-21(25)28-23(32-20)26-14-5-7-15(8-6-14)29(2)3/h4-11H,25H2,1-3H3,(H,26,28). The Morgan fingerprint density at radius 3 is 2.53 bits per heavy atom. The van der Waals surface area contributed by atoms with Crippen LogP contribution in [0.2, 0.25) is 5.02 Å². The lowest BCUT2D eigenvalue weighted by atomic mass is 10.1. The van der Waals surface area contributed by atoms with Crippen LogP contribution in [0.3, 0.4) is 0 Å². The Morgan fingerprint density at radius 2 is 1.78 bits per heavy atom. The van der Waals surface area contributed by atoms with Gasteiger partial charge in [-0.1, -0.05) is 22.9 Å². The number of nitrogens with two attached hydrogens (primary N) is 1. The number of nitrogens with zero attached hydrogens (tertiary/aromatic N) is 3. The molecule has 3 aromatic heterocycles. The number of halogens is 1. The van der Waals surface area contributed by atoms with E-state index in [9.17, 15) is 0 Å². The van der Waals surface area contributed by atoms with E-state index >= 15 is 0 Å². The molecule has 32 heavy (non-hydrogen) atoms. The highest BCUT2D eigenvalue weighted by Gasteiger charge is 2.18. The van der Waals surface area contributed by atoms with Gasteiger partial charge in [-0.3, -0.25) is 0 Å². The predicted molar refractivity (Wildman–Crippen MR) is 142 cm³/mol. The summed E-state index contributed by atoms with van der Waals surface area (Å²) >= 11 is 11.0. The minimum Gasteiger partial charge on any atom is -0.382 e. The molecule has 0 aliphatic rings. The summed E-state index contributed by atoms with van der Waals surface area (Å²) in [7, 11) is 4.04. The topological polar surface area (TPSA) is 67.1 Å². The second-order valence-electron chi connectivity index (χ2n) is 7.53. The van der Waals surface area contributed by atoms with Gasteiger partial charge in [-0.25, -0.2) is 9.97 Å². The van der Waals surface area contributed by atoms with Crippen LogP contribution in [0.25, 0.3) is 30.5 Å². The van der Waals surface area contributed by atoms with E-state index in [0.717, 1.165) is 42.0 Å². The Balaban J connectivity index is 1.42. The van der Waals surface area contributed by atoms with Crippen molar-refractivity contribution in [1.29, 1.82) is 0 Å². The number of thiazole rings is 2. The summed E-state index contributed by atoms with van der Waals surface area (Å²) in [6.07, 6.45) is 0. The highest BCUT2D eigenvalue weighted by atomic mass is 35.5. The summed E-state index contributed by atoms with van der Waals surface area (Å²) in [5, 5.41) is 8.98. The summed E-state index contributed by atoms with van der Waals surface area (Å²) in [5.41, 5.74) is 10.5. The van der Waals surface area contributed by atoms with Gasteiger partial charge in [0.2, 0.25) is 0 Å². The van der Waals surface area contributed by atoms with E-state index in [0.29, 0.717) is 5.82 Å². The van der Waals surface area contributed by atoms with Crippen LogP contribution in [0.15, 0.2) is 47.8 Å². The molecule has 0 radical (unpaired) electrons. The number of hydrogen-bond donors (Lipinski definition) is 2. The predicted octanol–water partition coefficient (Wildman–Crippen LogP) is 7.50. The van der Waals surface area contributed by atoms with E-state index in [2.05, 4.69) is 45.7 Å². The lowest BCUT2D eigenvalue weighted by molar-refractivity contribution is 1.13. The van der Waals surface area contributed by atoms with Gasteiger partial charge >= 0.3 is 0 Å². The van der Waals surface area contributed by atoms with E-state index < -0.39 is 0 Å². The molecule has 0 bridgehead atoms. The normalized spacial score (nSPS) is 11.2. The summed E-state index contributed by atoms with van der Waals surface area (Å²) in [6, 6.07) is 14.2. The Labute approximate surface area is 203 Å². The summed E-state index contributed by atoms with van der Waals surface area (Å²) in [5.74, 6) is 0.489. The fourth-order valence-electron chi connectivity index (χ4n) is 3.42. The average molecular weight is 498 g/mol. The van der Waals surface area contributed by atoms with Crippen LogP contribution in [-0.4, -0.2) is 24.1 Å². The van der Waals surface area contributed by atoms with E-state index in [1.54, 1.807) is 22.7 Å². The van der Waals surface area contributed by atoms with Crippen molar-refractivity contribution >= 4 is 78.0 Å². The monoisotopic (exact) mass is 497 g/mol. The van der Waals surface area contributed by atoms with Gasteiger partial charge in [-0.05, 0) is 60.3 Å². The molecule has 0 aliphatic heterocycles. The molecular weight excluding hydrogens is 478 g/mol. The van der Waals surface area contributed by atoms with Crippen LogP contribution < -0.4 is 16.0 Å². The van der Waals surface area contributed by atoms with Crippen molar-refractivity contribution in [3.8, 4) is 20.5 Å². The first kappa shape index (κ1) is 21.2. The Bertz CT molecular complexity index is 1420. The molecule has 0 saturated heterocycles. The van der Waals surface area contributed by atoms with Gasteiger partial charge in [0.1, 0.15) is 15.7 Å². The molecule has 0 saturated carbocycles. The number of thiophene rings is 1. The third kappa shape index (κ3) is 3.95. The highest BCUT2D eigenvalue weighted by Crippen LogP contribution is 2.43. The van der Waals surface area contributed by atoms with E-state index in [4.69, 9.17) is 22.3 Å². The number of aryl methyl sites for hydroxylation is 1. The first-order chi connectivity index (χ1) is 15.4. The number of fused-ring (bicyclic) bond motifs is 1. The minimum absolute atomic E-state index is 0.489. The molecule has 0 unspecified atom stereocenters. The maximum Gasteiger partial charge on any atom is 0.189 e. The molecule has 2 aromatic carbocycles. The highest BCUT2D eigenvalue weighted by molar-refractivity contribution is 7.24. The summed E-state index contributed by atoms with van der Waals surface area (Å²) in [4.78, 5) is 13.5. The summed E-state index contributed by atoms with van der Waals surface area (Å²) in [6.45, 7) is 2.12. The van der Waals surface area contributed by atoms with Gasteiger partial charge < -0.3 is 16.0 Å². The van der Waals surface area contributed by atoms with E-state index in [-0.39, 0.29) is 0 Å². The van der Waals surface area contributed by atoms with Gasteiger partial charge in [0.05, 0.1) is 10.6 Å². The Morgan fingerprint density at radius 1 is 1.00 bits per heavy atom. The van der Waals surface area contributed by atoms with Crippen molar-refractivity contribution in [3.05, 3.63) is 58.4 Å². The van der Waals surface area contributed by atoms with Crippen LogP contribution in [-0.2, 0) is 0 Å². The number of rotatable bonds is 5. The first-order valence-electron chi connectivity index (χ1n) is 9.84. The molecule has 0 amide bonds. The molecule has 3 heterocycles. The SMILES string of the molecule is Cc1c(-c2csc(-c3sc(Nc4ccc(N(C)C)cc4)nc3N)n2)sc2ccc(Cl)cc12. The first-order valence-corrected chi connectivity index (χ1v) is 12.7. The number of anilines is 4. The molecule has 162 valence electrons. The molecule has 0 spiro atoms. The maximum absolute atomic E-state index is 6.25. The number of benzene rings is 2. The Kier molecular flexibility index (Phi) is 5.54. The molecule has 0 fully saturated rings. The average Bonchev–Trinajstić information content (AvgIpc) is 3.46. The third-order valence-electron chi connectivity index (χ3n) is 5.12. The number of nitrogen functional groups attached to an aromatic ring is 1. The minimum atomic E-state index is 0.489. The zero-order valence-electron chi connectivity index (χ0n) is 17.6. The molecular formula is C23H20ClN5S3. The van der Waals surface area contributed by atoms with Crippen molar-refractivity contribution in [3.63, 3.8) is 0 Å². The van der Waals surface area contributed by atoms with Crippen molar-refractivity contribution < 1.29 is 0 Å². The van der Waals surface area contributed by atoms with Crippen molar-refractivity contribution in [2.45, 2.75) is 6.92 Å². The van der Waals surface area contributed by atoms with Gasteiger partial charge in [0, 0.05) is 40.6 Å². The zero-order valence-corrected chi connectivity index (χ0v) is 20.8. The smallest absolute Gasteiger partial charge is 0.189 e. The quantitative estimate of drug-likeness (QED) is 0.263. The fraction of sp³-hybridized carbons (Fsp3) is 0.130. The van der Waals surface area contributed by atoms with Crippen LogP contribution in [0.5, 0.6) is 0 Å². The number of nitrogens with one attached hydrogen (secondary N) is 1. The maximum atomic E-state index is 6.25. The summed E-state index contributed by atoms with van der Waals surface area (Å²) < 4.78 is 1.21. The van der Waals surface area contributed by atoms with Gasteiger partial charge in [-0.2, -0.15) is 0 Å². The van der Waals surface area contributed by atoms with Crippen molar-refractivity contribution in [2.75, 3.05) is 30.0 Å². The molecule has 0 atom stereocenters. The largest absolute Gasteiger partial charge is 0.382 e. The second-order valence-corrected chi connectivity index (χ2v) is 10.9. The van der Waals surface area contributed by atoms with Crippen LogP contribution in [0.4, 0.5) is 22.3 Å². The zero-order chi connectivity index (χ0) is 22.4. The molecule has 5 aromatic rings. The number of aromatic nitrogens is 2. The molecule has 3 N–H and O–H groups in total. The lowest BCUT2D eigenvalue weighted by Crippen LogP contribution is -2.08. The molecule has 9 heteroatoms. The Hall–Kier alpha value is -2.65. The van der Waals surface area contributed by atoms with Crippen molar-refractivity contribution in [1.82, 2.24) is 9.97 Å². The van der Waals surface area contributed by atoms with Gasteiger partial charge in [-0.15, -0.1) is 22.7 Å². The van der Waals surface area contributed by atoms with Gasteiger partial charge in [0.25, 0.3) is 0 Å². The van der Waals surface area contributed by atoms with Crippen molar-refractivity contribution in [2.24, 2.45) is 0 Å². The molecule has 5 nitrogen and oxygen atoms in total. The lowest BCUT2D eigenvalue weighted by Gasteiger charge is -2.12. The number of hydrogen-bond acceptors (Lipinski definition) is 8. The van der Waals surface area contributed by atoms with Crippen LogP contribution in [0, 0.1) is 6.92 Å². The van der Waals surface area contributed by atoms with Gasteiger partial charge in [0.15, 0.2) is 5.13 Å². The molecule has 5 rings (SSSR count). The van der Waals surface area contributed by atoms with Crippen LogP contribution >= 0.6 is 45.6 Å². The van der Waals surface area contributed by atoms with E-state index in [1.165, 1.54) is 27.0 Å². The second kappa shape index (κ2) is 8.37. The third-order valence-corrected chi connectivity index (χ3v) is 8.63. The van der Waals surface area contributed by atoms with Crippen LogP contribution in [0.1, 0.15) is 5.56 Å². The fourth-order valence-corrected chi connectivity index (χ4v) is 6.64. The molecule has 0 aliphatic carbocycles.